The van der Waals surface area contributed by atoms with E-state index in [1.807, 2.05) is 12.1 Å². The van der Waals surface area contributed by atoms with Crippen LogP contribution < -0.4 is 11.1 Å². The fourth-order valence-electron chi connectivity index (χ4n) is 1.72. The second kappa shape index (κ2) is 5.97. The first-order valence-electron chi connectivity index (χ1n) is 5.76. The van der Waals surface area contributed by atoms with Gasteiger partial charge in [0, 0.05) is 18.6 Å². The average molecular weight is 224 g/mol. The quantitative estimate of drug-likeness (QED) is 0.806. The molecule has 0 saturated carbocycles. The second-order valence-corrected chi connectivity index (χ2v) is 4.58. The molecule has 3 heteroatoms. The minimum atomic E-state index is -0.196. The van der Waals surface area contributed by atoms with Crippen LogP contribution in [0, 0.1) is 11.7 Å². The zero-order valence-electron chi connectivity index (χ0n) is 10.2. The molecule has 0 aliphatic rings. The highest BCUT2D eigenvalue weighted by atomic mass is 19.1. The summed E-state index contributed by atoms with van der Waals surface area (Å²) in [6, 6.07) is 7.14. The smallest absolute Gasteiger partial charge is 0.123 e. The monoisotopic (exact) mass is 224 g/mol. The molecule has 3 N–H and O–H groups in total. The minimum absolute atomic E-state index is 0.196. The zero-order chi connectivity index (χ0) is 12.1. The van der Waals surface area contributed by atoms with Crippen LogP contribution in [0.5, 0.6) is 0 Å². The molecule has 2 unspecified atom stereocenters. The number of benzene rings is 1. The molecule has 0 saturated heterocycles. The van der Waals surface area contributed by atoms with Crippen LogP contribution in [0.15, 0.2) is 24.3 Å². The lowest BCUT2D eigenvalue weighted by Gasteiger charge is -2.26. The van der Waals surface area contributed by atoms with Crippen LogP contribution >= 0.6 is 0 Å². The van der Waals surface area contributed by atoms with Crippen LogP contribution in [-0.4, -0.2) is 12.6 Å². The molecule has 0 bridgehead atoms. The molecular formula is C13H21FN2. The van der Waals surface area contributed by atoms with Crippen LogP contribution in [0.3, 0.4) is 0 Å². The Morgan fingerprint density at radius 1 is 1.19 bits per heavy atom. The molecule has 1 rings (SSSR count). The van der Waals surface area contributed by atoms with E-state index in [0.717, 1.165) is 5.56 Å². The largest absolute Gasteiger partial charge is 0.329 e. The van der Waals surface area contributed by atoms with E-state index in [1.54, 1.807) is 0 Å². The van der Waals surface area contributed by atoms with Gasteiger partial charge >= 0.3 is 0 Å². The van der Waals surface area contributed by atoms with E-state index in [4.69, 9.17) is 5.73 Å². The Kier molecular flexibility index (Phi) is 4.90. The van der Waals surface area contributed by atoms with E-state index < -0.39 is 0 Å². The Balaban J connectivity index is 2.81. The molecule has 0 radical (unpaired) electrons. The van der Waals surface area contributed by atoms with Gasteiger partial charge in [-0.15, -0.1) is 0 Å². The van der Waals surface area contributed by atoms with E-state index in [0.29, 0.717) is 12.5 Å². The number of nitrogens with one attached hydrogen (secondary N) is 1. The highest BCUT2D eigenvalue weighted by Gasteiger charge is 2.17. The van der Waals surface area contributed by atoms with E-state index in [1.165, 1.54) is 12.1 Å². The fourth-order valence-corrected chi connectivity index (χ4v) is 1.72. The first kappa shape index (κ1) is 13.1. The van der Waals surface area contributed by atoms with Crippen LogP contribution in [0.4, 0.5) is 4.39 Å². The molecule has 0 heterocycles. The number of hydrogen-bond donors (Lipinski definition) is 2. The summed E-state index contributed by atoms with van der Waals surface area (Å²) in [5.41, 5.74) is 6.71. The molecule has 1 aromatic carbocycles. The van der Waals surface area contributed by atoms with Gasteiger partial charge in [0.15, 0.2) is 0 Å². The molecule has 0 aromatic heterocycles. The van der Waals surface area contributed by atoms with E-state index in [9.17, 15) is 4.39 Å². The van der Waals surface area contributed by atoms with Gasteiger partial charge in [0.05, 0.1) is 0 Å². The Morgan fingerprint density at radius 2 is 1.75 bits per heavy atom. The lowest BCUT2D eigenvalue weighted by Crippen LogP contribution is -2.38. The third-order valence-corrected chi connectivity index (χ3v) is 2.71. The van der Waals surface area contributed by atoms with E-state index >= 15 is 0 Å². The number of halogens is 1. The van der Waals surface area contributed by atoms with Gasteiger partial charge in [-0.2, -0.15) is 0 Å². The fraction of sp³-hybridized carbons (Fsp3) is 0.538. The van der Waals surface area contributed by atoms with Gasteiger partial charge in [0.2, 0.25) is 0 Å². The lowest BCUT2D eigenvalue weighted by molar-refractivity contribution is 0.372. The summed E-state index contributed by atoms with van der Waals surface area (Å²) in [5.74, 6) is 0.248. The highest BCUT2D eigenvalue weighted by molar-refractivity contribution is 5.20. The van der Waals surface area contributed by atoms with Gasteiger partial charge < -0.3 is 11.1 Å². The number of hydrogen-bond acceptors (Lipinski definition) is 2. The van der Waals surface area contributed by atoms with Crippen molar-refractivity contribution in [2.24, 2.45) is 11.7 Å². The standard InChI is InChI=1S/C13H21FN2/c1-9(2)13(16-10(3)8-15)11-4-6-12(14)7-5-11/h4-7,9-10,13,16H,8,15H2,1-3H3. The maximum atomic E-state index is 12.8. The maximum absolute atomic E-state index is 12.8. The predicted molar refractivity (Wildman–Crippen MR) is 65.6 cm³/mol. The van der Waals surface area contributed by atoms with Gasteiger partial charge in [-0.3, -0.25) is 0 Å². The summed E-state index contributed by atoms with van der Waals surface area (Å²) in [7, 11) is 0. The zero-order valence-corrected chi connectivity index (χ0v) is 10.2. The molecule has 16 heavy (non-hydrogen) atoms. The maximum Gasteiger partial charge on any atom is 0.123 e. The summed E-state index contributed by atoms with van der Waals surface area (Å²) in [6.07, 6.45) is 0. The highest BCUT2D eigenvalue weighted by Crippen LogP contribution is 2.22. The molecule has 2 nitrogen and oxygen atoms in total. The summed E-state index contributed by atoms with van der Waals surface area (Å²) >= 11 is 0. The van der Waals surface area contributed by atoms with Crippen molar-refractivity contribution in [3.8, 4) is 0 Å². The Labute approximate surface area is 97.0 Å². The van der Waals surface area contributed by atoms with Crippen molar-refractivity contribution in [2.75, 3.05) is 6.54 Å². The first-order chi connectivity index (χ1) is 7.54. The van der Waals surface area contributed by atoms with Crippen molar-refractivity contribution in [2.45, 2.75) is 32.9 Å². The van der Waals surface area contributed by atoms with E-state index in [-0.39, 0.29) is 17.9 Å². The number of nitrogens with two attached hydrogens (primary N) is 1. The van der Waals surface area contributed by atoms with Gasteiger partial charge in [-0.1, -0.05) is 26.0 Å². The van der Waals surface area contributed by atoms with Crippen LogP contribution in [0.25, 0.3) is 0 Å². The minimum Gasteiger partial charge on any atom is -0.329 e. The summed E-state index contributed by atoms with van der Waals surface area (Å²) < 4.78 is 12.8. The van der Waals surface area contributed by atoms with Crippen molar-refractivity contribution in [1.82, 2.24) is 5.32 Å². The summed E-state index contributed by atoms with van der Waals surface area (Å²) in [5, 5.41) is 3.45. The van der Waals surface area contributed by atoms with Crippen molar-refractivity contribution in [3.63, 3.8) is 0 Å². The van der Waals surface area contributed by atoms with Crippen molar-refractivity contribution in [3.05, 3.63) is 35.6 Å². The Bertz CT molecular complexity index is 308. The van der Waals surface area contributed by atoms with Gasteiger partial charge in [0.25, 0.3) is 0 Å². The van der Waals surface area contributed by atoms with Gasteiger partial charge in [-0.25, -0.2) is 4.39 Å². The predicted octanol–water partition coefficient (Wildman–Crippen LogP) is 2.46. The Morgan fingerprint density at radius 3 is 2.19 bits per heavy atom. The molecule has 0 spiro atoms. The third-order valence-electron chi connectivity index (χ3n) is 2.71. The number of rotatable bonds is 5. The molecular weight excluding hydrogens is 203 g/mol. The third kappa shape index (κ3) is 3.58. The Hall–Kier alpha value is -0.930. The van der Waals surface area contributed by atoms with Crippen molar-refractivity contribution in [1.29, 1.82) is 0 Å². The van der Waals surface area contributed by atoms with Gasteiger partial charge in [0.1, 0.15) is 5.82 Å². The SMILES string of the molecule is CC(CN)NC(c1ccc(F)cc1)C(C)C. The molecule has 0 aliphatic heterocycles. The lowest BCUT2D eigenvalue weighted by atomic mass is 9.95. The molecule has 0 amide bonds. The first-order valence-corrected chi connectivity index (χ1v) is 5.76. The molecule has 1 aromatic rings. The van der Waals surface area contributed by atoms with Crippen LogP contribution in [0.2, 0.25) is 0 Å². The van der Waals surface area contributed by atoms with E-state index in [2.05, 4.69) is 26.1 Å². The molecule has 90 valence electrons. The van der Waals surface area contributed by atoms with Crippen molar-refractivity contribution < 1.29 is 4.39 Å². The van der Waals surface area contributed by atoms with Crippen molar-refractivity contribution >= 4 is 0 Å². The van der Waals surface area contributed by atoms with Crippen LogP contribution in [-0.2, 0) is 0 Å². The molecule has 2 atom stereocenters. The summed E-state index contributed by atoms with van der Waals surface area (Å²) in [4.78, 5) is 0. The molecule has 0 fully saturated rings. The average Bonchev–Trinajstić information content (AvgIpc) is 2.26. The molecule has 0 aliphatic carbocycles. The summed E-state index contributed by atoms with van der Waals surface area (Å²) in [6.45, 7) is 6.94. The topological polar surface area (TPSA) is 38.0 Å². The van der Waals surface area contributed by atoms with Crippen LogP contribution in [0.1, 0.15) is 32.4 Å². The second-order valence-electron chi connectivity index (χ2n) is 4.58. The normalized spacial score (nSPS) is 15.1. The van der Waals surface area contributed by atoms with Gasteiger partial charge in [-0.05, 0) is 30.5 Å².